The van der Waals surface area contributed by atoms with Crippen molar-refractivity contribution in [1.82, 2.24) is 5.48 Å². The van der Waals surface area contributed by atoms with Gasteiger partial charge in [0.25, 0.3) is 0 Å². The van der Waals surface area contributed by atoms with Gasteiger partial charge in [0.1, 0.15) is 0 Å². The zero-order chi connectivity index (χ0) is 6.69. The summed E-state index contributed by atoms with van der Waals surface area (Å²) >= 11 is 0. The summed E-state index contributed by atoms with van der Waals surface area (Å²) in [7, 11) is 2.44. The van der Waals surface area contributed by atoms with Crippen molar-refractivity contribution in [3.63, 3.8) is 0 Å². The third-order valence-corrected chi connectivity index (χ3v) is 1.29. The van der Waals surface area contributed by atoms with E-state index >= 15 is 0 Å². The van der Waals surface area contributed by atoms with E-state index in [1.165, 1.54) is 0 Å². The van der Waals surface area contributed by atoms with Gasteiger partial charge in [-0.3, -0.25) is 4.84 Å². The van der Waals surface area contributed by atoms with E-state index in [4.69, 9.17) is 9.57 Å². The van der Waals surface area contributed by atoms with E-state index in [2.05, 4.69) is 21.6 Å². The first-order valence-electron chi connectivity index (χ1n) is 2.86. The average molecular weight is 332 g/mol. The van der Waals surface area contributed by atoms with Crippen LogP contribution in [0.4, 0.5) is 0 Å². The molecule has 1 aliphatic heterocycles. The zero-order valence-corrected chi connectivity index (χ0v) is 9.67. The Morgan fingerprint density at radius 3 is 2.90 bits per heavy atom. The number of rotatable bonds is 4. The minimum absolute atomic E-state index is 0. The molecular formula is C5H11NO2PW-. The van der Waals surface area contributed by atoms with Crippen LogP contribution >= 0.6 is 9.24 Å². The number of nitrogens with one attached hydrogen (secondary N) is 1. The van der Waals surface area contributed by atoms with Crippen molar-refractivity contribution < 1.29 is 30.6 Å². The van der Waals surface area contributed by atoms with E-state index in [0.29, 0.717) is 6.35 Å². The molecule has 0 spiro atoms. The van der Waals surface area contributed by atoms with E-state index in [1.807, 2.05) is 0 Å². The molecule has 0 radical (unpaired) electrons. The van der Waals surface area contributed by atoms with E-state index < -0.39 is 0 Å². The first-order valence-corrected chi connectivity index (χ1v) is 3.68. The Labute approximate surface area is 77.6 Å². The summed E-state index contributed by atoms with van der Waals surface area (Å²) < 4.78 is 4.96. The van der Waals surface area contributed by atoms with E-state index in [9.17, 15) is 0 Å². The molecule has 0 aromatic heterocycles. The van der Waals surface area contributed by atoms with E-state index in [1.54, 1.807) is 0 Å². The quantitative estimate of drug-likeness (QED) is 0.339. The fraction of sp³-hybridized carbons (Fsp3) is 0.800. The molecule has 1 fully saturated rings. The van der Waals surface area contributed by atoms with Gasteiger partial charge >= 0.3 is 0 Å². The predicted molar refractivity (Wildman–Crippen MR) is 37.7 cm³/mol. The molecule has 0 aromatic carbocycles. The minimum atomic E-state index is 0. The summed E-state index contributed by atoms with van der Waals surface area (Å²) in [5.74, 6) is 0. The summed E-state index contributed by atoms with van der Waals surface area (Å²) in [4.78, 5) is 4.87. The van der Waals surface area contributed by atoms with E-state index in [-0.39, 0.29) is 33.2 Å². The van der Waals surface area contributed by atoms with Crippen molar-refractivity contribution in [3.05, 3.63) is 6.92 Å². The molecule has 1 heterocycles. The van der Waals surface area contributed by atoms with Gasteiger partial charge in [-0.1, -0.05) is 6.04 Å². The molecule has 0 bridgehead atoms. The van der Waals surface area contributed by atoms with Crippen LogP contribution in [0.1, 0.15) is 0 Å². The summed E-state index contributed by atoms with van der Waals surface area (Å²) in [6.07, 6.45) is 0.847. The average Bonchev–Trinajstić information content (AvgIpc) is 2.63. The number of hydrogen-bond acceptors (Lipinski definition) is 3. The summed E-state index contributed by atoms with van der Waals surface area (Å²) in [5, 5.41) is 0. The Balaban J connectivity index is 0.000000810. The largest absolute Gasteiger partial charge is 0.374 e. The van der Waals surface area contributed by atoms with Crippen LogP contribution in [0, 0.1) is 6.92 Å². The van der Waals surface area contributed by atoms with Gasteiger partial charge < -0.3 is 11.7 Å². The van der Waals surface area contributed by atoms with Crippen LogP contribution in [0.5, 0.6) is 0 Å². The van der Waals surface area contributed by atoms with Crippen molar-refractivity contribution in [2.75, 3.05) is 13.0 Å². The van der Waals surface area contributed by atoms with Gasteiger partial charge in [-0.2, -0.15) is 0 Å². The fourth-order valence-electron chi connectivity index (χ4n) is 0.519. The van der Waals surface area contributed by atoms with Crippen LogP contribution in [0.3, 0.4) is 0 Å². The Hall–Kier alpha value is 0.998. The maximum atomic E-state index is 4.96. The summed E-state index contributed by atoms with van der Waals surface area (Å²) in [5.41, 5.74) is 2.74. The Morgan fingerprint density at radius 2 is 2.50 bits per heavy atom. The van der Waals surface area contributed by atoms with Crippen molar-refractivity contribution in [2.24, 2.45) is 0 Å². The van der Waals surface area contributed by atoms with Crippen LogP contribution in [-0.4, -0.2) is 25.1 Å². The Bertz CT molecular complexity index is 91.7. The molecule has 0 saturated carbocycles. The molecule has 3 atom stereocenters. The molecule has 1 rings (SSSR count). The number of hydrogen-bond donors (Lipinski definition) is 1. The SMILES string of the molecule is [CH2-]C(NOCP)C1CO1.[W]. The Morgan fingerprint density at radius 1 is 1.90 bits per heavy atom. The minimum Gasteiger partial charge on any atom is -0.374 e. The fourth-order valence-corrected chi connectivity index (χ4v) is 0.615. The molecule has 0 amide bonds. The normalized spacial score (nSPS) is 25.2. The van der Waals surface area contributed by atoms with Crippen LogP contribution in [0.25, 0.3) is 0 Å². The van der Waals surface area contributed by atoms with Crippen molar-refractivity contribution in [1.29, 1.82) is 0 Å². The second-order valence-corrected chi connectivity index (χ2v) is 2.24. The van der Waals surface area contributed by atoms with Gasteiger partial charge in [-0.05, 0) is 0 Å². The van der Waals surface area contributed by atoms with Crippen LogP contribution in [0.2, 0.25) is 0 Å². The monoisotopic (exact) mass is 332 g/mol. The smallest absolute Gasteiger partial charge is 0.0815 e. The van der Waals surface area contributed by atoms with Crippen molar-refractivity contribution in [2.45, 2.75) is 12.1 Å². The second-order valence-electron chi connectivity index (χ2n) is 1.91. The van der Waals surface area contributed by atoms with Gasteiger partial charge in [-0.25, -0.2) is 5.48 Å². The standard InChI is InChI=1S/C5H11NO2P.W/c1-4(5-2-7-5)6-8-3-9;/h4-6H,1-3,9H2;/q-1;. The number of epoxide rings is 1. The van der Waals surface area contributed by atoms with Gasteiger partial charge in [0.15, 0.2) is 0 Å². The molecular weight excluding hydrogens is 321 g/mol. The molecule has 5 heteroatoms. The number of ether oxygens (including phenoxy) is 1. The maximum absolute atomic E-state index is 4.96. The van der Waals surface area contributed by atoms with Crippen LogP contribution in [-0.2, 0) is 30.6 Å². The molecule has 1 N–H and O–H groups in total. The first-order chi connectivity index (χ1) is 4.34. The van der Waals surface area contributed by atoms with Crippen LogP contribution in [0.15, 0.2) is 0 Å². The van der Waals surface area contributed by atoms with E-state index in [0.717, 1.165) is 6.61 Å². The molecule has 60 valence electrons. The molecule has 10 heavy (non-hydrogen) atoms. The predicted octanol–water partition coefficient (Wildman–Crippen LogP) is -0.0608. The molecule has 3 nitrogen and oxygen atoms in total. The van der Waals surface area contributed by atoms with Crippen molar-refractivity contribution in [3.8, 4) is 0 Å². The maximum Gasteiger partial charge on any atom is 0.0815 e. The second kappa shape index (κ2) is 5.62. The van der Waals surface area contributed by atoms with Gasteiger partial charge in [-0.15, -0.1) is 9.24 Å². The van der Waals surface area contributed by atoms with Crippen molar-refractivity contribution >= 4 is 9.24 Å². The first kappa shape index (κ1) is 11.0. The van der Waals surface area contributed by atoms with Gasteiger partial charge in [0.05, 0.1) is 19.1 Å². The molecule has 0 aromatic rings. The van der Waals surface area contributed by atoms with Crippen LogP contribution < -0.4 is 5.48 Å². The topological polar surface area (TPSA) is 33.8 Å². The molecule has 1 saturated heterocycles. The summed E-state index contributed by atoms with van der Waals surface area (Å²) in [6, 6.07) is 0.0746. The zero-order valence-electron chi connectivity index (χ0n) is 5.58. The molecule has 0 aliphatic carbocycles. The number of hydroxylamine groups is 1. The molecule has 3 unspecified atom stereocenters. The Kier molecular flexibility index (Phi) is 6.18. The molecule has 1 aliphatic rings. The third kappa shape index (κ3) is 4.00. The van der Waals surface area contributed by atoms with Gasteiger partial charge in [0, 0.05) is 21.1 Å². The summed E-state index contributed by atoms with van der Waals surface area (Å²) in [6.45, 7) is 4.57. The third-order valence-electron chi connectivity index (χ3n) is 1.13. The van der Waals surface area contributed by atoms with Gasteiger partial charge in [0.2, 0.25) is 0 Å².